The van der Waals surface area contributed by atoms with Gasteiger partial charge in [-0.15, -0.1) is 0 Å². The van der Waals surface area contributed by atoms with Crippen LogP contribution in [0, 0.1) is 5.82 Å². The standard InChI is InChI=1S/C11H12BrFN6O2/c12-7-5-6(1-2-8(7)13)16-11(17-20)9-10(15-4-3-14)19-21-18-9/h1-2,5,20H,3-4,14H2,(H,15,19)(H,16,17). The molecule has 0 saturated heterocycles. The average molecular weight is 359 g/mol. The highest BCUT2D eigenvalue weighted by Crippen LogP contribution is 2.23. The van der Waals surface area contributed by atoms with E-state index < -0.39 is 5.82 Å². The molecule has 2 aromatic rings. The summed E-state index contributed by atoms with van der Waals surface area (Å²) in [6.07, 6.45) is 0. The van der Waals surface area contributed by atoms with Gasteiger partial charge in [0.05, 0.1) is 10.2 Å². The zero-order valence-corrected chi connectivity index (χ0v) is 12.3. The molecular weight excluding hydrogens is 347 g/mol. The average Bonchev–Trinajstić information content (AvgIpc) is 2.94. The van der Waals surface area contributed by atoms with Crippen molar-refractivity contribution in [3.63, 3.8) is 0 Å². The lowest BCUT2D eigenvalue weighted by Gasteiger charge is -2.04. The van der Waals surface area contributed by atoms with Crippen LogP contribution in [0.25, 0.3) is 0 Å². The zero-order chi connectivity index (χ0) is 15.2. The zero-order valence-electron chi connectivity index (χ0n) is 10.7. The molecule has 0 unspecified atom stereocenters. The molecule has 0 aliphatic rings. The largest absolute Gasteiger partial charge is 0.364 e. The summed E-state index contributed by atoms with van der Waals surface area (Å²) in [5.74, 6) is -0.142. The Morgan fingerprint density at radius 2 is 2.29 bits per heavy atom. The number of benzene rings is 1. The first-order valence-corrected chi connectivity index (χ1v) is 6.65. The van der Waals surface area contributed by atoms with Crippen molar-refractivity contribution in [1.82, 2.24) is 15.8 Å². The fourth-order valence-electron chi connectivity index (χ4n) is 1.47. The van der Waals surface area contributed by atoms with Crippen LogP contribution in [-0.4, -0.2) is 34.4 Å². The Bertz CT molecular complexity index is 647. The number of aliphatic imine (C=N–C) groups is 1. The van der Waals surface area contributed by atoms with Gasteiger partial charge in [0.1, 0.15) is 5.82 Å². The quantitative estimate of drug-likeness (QED) is 0.362. The lowest BCUT2D eigenvalue weighted by atomic mass is 10.3. The van der Waals surface area contributed by atoms with Gasteiger partial charge in [0, 0.05) is 13.1 Å². The molecule has 5 N–H and O–H groups in total. The third-order valence-electron chi connectivity index (χ3n) is 2.40. The highest BCUT2D eigenvalue weighted by Gasteiger charge is 2.16. The SMILES string of the molecule is NCCNc1nonc1C(=Nc1ccc(F)c(Br)c1)NO. The summed E-state index contributed by atoms with van der Waals surface area (Å²) in [6, 6.07) is 4.14. The van der Waals surface area contributed by atoms with Gasteiger partial charge >= 0.3 is 0 Å². The summed E-state index contributed by atoms with van der Waals surface area (Å²) in [7, 11) is 0. The molecule has 1 aromatic carbocycles. The highest BCUT2D eigenvalue weighted by atomic mass is 79.9. The van der Waals surface area contributed by atoms with Crippen LogP contribution in [0.4, 0.5) is 15.9 Å². The van der Waals surface area contributed by atoms with Gasteiger partial charge in [0.15, 0.2) is 11.5 Å². The van der Waals surface area contributed by atoms with Gasteiger partial charge in [-0.2, -0.15) is 0 Å². The Kier molecular flexibility index (Phi) is 5.20. The summed E-state index contributed by atoms with van der Waals surface area (Å²) in [4.78, 5) is 4.12. The van der Waals surface area contributed by atoms with Crippen molar-refractivity contribution in [2.75, 3.05) is 18.4 Å². The third-order valence-corrected chi connectivity index (χ3v) is 3.01. The van der Waals surface area contributed by atoms with E-state index in [4.69, 9.17) is 5.73 Å². The van der Waals surface area contributed by atoms with Crippen molar-refractivity contribution in [2.45, 2.75) is 0 Å². The second-order valence-electron chi connectivity index (χ2n) is 3.85. The molecule has 0 bridgehead atoms. The first kappa shape index (κ1) is 15.4. The lowest BCUT2D eigenvalue weighted by Crippen LogP contribution is -2.23. The molecule has 1 heterocycles. The molecule has 0 spiro atoms. The second kappa shape index (κ2) is 7.11. The van der Waals surface area contributed by atoms with Crippen molar-refractivity contribution >= 4 is 33.3 Å². The van der Waals surface area contributed by atoms with Crippen LogP contribution >= 0.6 is 15.9 Å². The van der Waals surface area contributed by atoms with Gasteiger partial charge < -0.3 is 11.1 Å². The number of nitrogens with two attached hydrogens (primary N) is 1. The topological polar surface area (TPSA) is 122 Å². The number of anilines is 1. The van der Waals surface area contributed by atoms with Crippen LogP contribution in [0.3, 0.4) is 0 Å². The number of aromatic nitrogens is 2. The van der Waals surface area contributed by atoms with E-state index in [2.05, 4.69) is 41.2 Å². The molecule has 1 aromatic heterocycles. The van der Waals surface area contributed by atoms with Crippen LogP contribution in [0.15, 0.2) is 32.3 Å². The maximum Gasteiger partial charge on any atom is 0.202 e. The summed E-state index contributed by atoms with van der Waals surface area (Å²) >= 11 is 3.06. The van der Waals surface area contributed by atoms with E-state index in [9.17, 15) is 9.60 Å². The molecule has 0 radical (unpaired) electrons. The van der Waals surface area contributed by atoms with Crippen LogP contribution in [0.2, 0.25) is 0 Å². The molecule has 2 rings (SSSR count). The molecule has 0 aliphatic carbocycles. The molecule has 0 aliphatic heterocycles. The molecule has 0 atom stereocenters. The summed E-state index contributed by atoms with van der Waals surface area (Å²) in [5.41, 5.74) is 7.86. The number of hydrogen-bond donors (Lipinski definition) is 4. The number of nitrogens with one attached hydrogen (secondary N) is 2. The predicted molar refractivity (Wildman–Crippen MR) is 77.1 cm³/mol. The Balaban J connectivity index is 2.32. The molecule has 0 saturated carbocycles. The first-order valence-electron chi connectivity index (χ1n) is 5.86. The minimum Gasteiger partial charge on any atom is -0.364 e. The van der Waals surface area contributed by atoms with Crippen LogP contribution in [0.1, 0.15) is 5.69 Å². The number of hydroxylamine groups is 1. The summed E-state index contributed by atoms with van der Waals surface area (Å²) in [6.45, 7) is 0.832. The van der Waals surface area contributed by atoms with E-state index in [1.165, 1.54) is 18.2 Å². The number of halogens is 2. The fraction of sp³-hybridized carbons (Fsp3) is 0.182. The minimum atomic E-state index is -0.416. The molecule has 21 heavy (non-hydrogen) atoms. The maximum absolute atomic E-state index is 13.2. The van der Waals surface area contributed by atoms with E-state index >= 15 is 0 Å². The van der Waals surface area contributed by atoms with Crippen LogP contribution in [-0.2, 0) is 0 Å². The van der Waals surface area contributed by atoms with Crippen molar-refractivity contribution < 1.29 is 14.2 Å². The van der Waals surface area contributed by atoms with Crippen molar-refractivity contribution in [1.29, 1.82) is 0 Å². The normalized spacial score (nSPS) is 11.5. The Morgan fingerprint density at radius 1 is 1.48 bits per heavy atom. The Labute approximate surface area is 127 Å². The third kappa shape index (κ3) is 3.74. The number of rotatable bonds is 5. The predicted octanol–water partition coefficient (Wildman–Crippen LogP) is 1.40. The fourth-order valence-corrected chi connectivity index (χ4v) is 1.83. The van der Waals surface area contributed by atoms with E-state index in [-0.39, 0.29) is 21.8 Å². The van der Waals surface area contributed by atoms with Crippen molar-refractivity contribution in [3.05, 3.63) is 34.2 Å². The second-order valence-corrected chi connectivity index (χ2v) is 4.70. The summed E-state index contributed by atoms with van der Waals surface area (Å²) in [5, 5.41) is 19.4. The van der Waals surface area contributed by atoms with Gasteiger partial charge in [-0.3, -0.25) is 10.7 Å². The minimum absolute atomic E-state index is 0.00530. The monoisotopic (exact) mass is 358 g/mol. The Morgan fingerprint density at radius 3 is 2.95 bits per heavy atom. The van der Waals surface area contributed by atoms with Crippen molar-refractivity contribution in [2.24, 2.45) is 10.7 Å². The first-order chi connectivity index (χ1) is 10.2. The molecule has 112 valence electrons. The number of amidine groups is 1. The van der Waals surface area contributed by atoms with Gasteiger partial charge in [0.2, 0.25) is 5.82 Å². The number of nitrogens with zero attached hydrogens (tertiary/aromatic N) is 3. The molecule has 0 fully saturated rings. The van der Waals surface area contributed by atoms with E-state index in [0.29, 0.717) is 18.8 Å². The van der Waals surface area contributed by atoms with Gasteiger partial charge in [-0.1, -0.05) is 0 Å². The van der Waals surface area contributed by atoms with Gasteiger partial charge in [-0.05, 0) is 44.4 Å². The number of hydrogen-bond acceptors (Lipinski definition) is 7. The Hall–Kier alpha value is -2.04. The molecule has 10 heteroatoms. The highest BCUT2D eigenvalue weighted by molar-refractivity contribution is 9.10. The lowest BCUT2D eigenvalue weighted by molar-refractivity contribution is 0.234. The molecule has 0 amide bonds. The maximum atomic E-state index is 13.2. The van der Waals surface area contributed by atoms with Crippen LogP contribution in [0.5, 0.6) is 0 Å². The van der Waals surface area contributed by atoms with Crippen LogP contribution < -0.4 is 16.5 Å². The van der Waals surface area contributed by atoms with Crippen molar-refractivity contribution in [3.8, 4) is 0 Å². The van der Waals surface area contributed by atoms with E-state index in [0.717, 1.165) is 0 Å². The van der Waals surface area contributed by atoms with E-state index in [1.807, 2.05) is 5.48 Å². The summed E-state index contributed by atoms with van der Waals surface area (Å²) < 4.78 is 18.0. The van der Waals surface area contributed by atoms with Gasteiger partial charge in [-0.25, -0.2) is 14.0 Å². The van der Waals surface area contributed by atoms with E-state index in [1.54, 1.807) is 0 Å². The smallest absolute Gasteiger partial charge is 0.202 e. The molecular formula is C11H12BrFN6O2. The van der Waals surface area contributed by atoms with Gasteiger partial charge in [0.25, 0.3) is 0 Å². The molecule has 8 nitrogen and oxygen atoms in total.